The zero-order valence-corrected chi connectivity index (χ0v) is 8.86. The van der Waals surface area contributed by atoms with Crippen LogP contribution in [0.2, 0.25) is 0 Å². The summed E-state index contributed by atoms with van der Waals surface area (Å²) in [5, 5.41) is 0. The molecule has 0 bridgehead atoms. The molecule has 80 valence electrons. The first-order valence-corrected chi connectivity index (χ1v) is 5.60. The van der Waals surface area contributed by atoms with Gasteiger partial charge in [0.25, 0.3) is 10.1 Å². The van der Waals surface area contributed by atoms with E-state index in [4.69, 9.17) is 4.55 Å². The summed E-state index contributed by atoms with van der Waals surface area (Å²) in [6.45, 7) is 1.09. The van der Waals surface area contributed by atoms with E-state index in [0.717, 1.165) is 13.0 Å². The van der Waals surface area contributed by atoms with E-state index in [1.54, 1.807) is 30.3 Å². The van der Waals surface area contributed by atoms with Crippen LogP contribution in [0.4, 0.5) is 0 Å². The number of carbonyl (C=O) groups excluding carboxylic acids is 1. The topological polar surface area (TPSA) is 71.4 Å². The van der Waals surface area contributed by atoms with Crippen LogP contribution in [-0.2, 0) is 14.9 Å². The predicted octanol–water partition coefficient (Wildman–Crippen LogP) is 1.50. The molecule has 0 aromatic heterocycles. The standard InChI is InChI=1S/C10H10O4S/c1-8(11)10(15(12,13)14)7-9-5-3-2-4-6-9/h2-7H,1H3,(H,12,13,14). The van der Waals surface area contributed by atoms with Crippen molar-refractivity contribution in [1.82, 2.24) is 0 Å². The molecule has 0 aliphatic heterocycles. The largest absolute Gasteiger partial charge is 0.298 e. The molecule has 0 fully saturated rings. The van der Waals surface area contributed by atoms with E-state index in [9.17, 15) is 13.2 Å². The summed E-state index contributed by atoms with van der Waals surface area (Å²) in [6, 6.07) is 8.43. The van der Waals surface area contributed by atoms with Gasteiger partial charge in [0.2, 0.25) is 0 Å². The predicted molar refractivity (Wildman–Crippen MR) is 56.6 cm³/mol. The maximum Gasteiger partial charge on any atom is 0.298 e. The van der Waals surface area contributed by atoms with Crippen molar-refractivity contribution >= 4 is 22.0 Å². The van der Waals surface area contributed by atoms with Gasteiger partial charge in [0.1, 0.15) is 4.91 Å². The van der Waals surface area contributed by atoms with Crippen LogP contribution >= 0.6 is 0 Å². The lowest BCUT2D eigenvalue weighted by atomic mass is 10.2. The van der Waals surface area contributed by atoms with E-state index in [1.807, 2.05) is 0 Å². The molecular formula is C10H10O4S. The first-order chi connectivity index (χ1) is 6.91. The zero-order valence-electron chi connectivity index (χ0n) is 8.04. The summed E-state index contributed by atoms with van der Waals surface area (Å²) >= 11 is 0. The van der Waals surface area contributed by atoms with E-state index in [-0.39, 0.29) is 0 Å². The van der Waals surface area contributed by atoms with Crippen molar-refractivity contribution in [1.29, 1.82) is 0 Å². The average molecular weight is 226 g/mol. The SMILES string of the molecule is CC(=O)C(=Cc1ccccc1)S(=O)(=O)O. The molecule has 0 aliphatic carbocycles. The van der Waals surface area contributed by atoms with E-state index in [2.05, 4.69) is 0 Å². The Bertz CT molecular complexity index is 485. The molecule has 0 unspecified atom stereocenters. The quantitative estimate of drug-likeness (QED) is 0.626. The summed E-state index contributed by atoms with van der Waals surface area (Å²) in [5.74, 6) is -0.693. The third kappa shape index (κ3) is 3.30. The molecule has 0 aliphatic rings. The van der Waals surface area contributed by atoms with Gasteiger partial charge < -0.3 is 0 Å². The molecule has 0 saturated carbocycles. The normalized spacial score (nSPS) is 12.5. The van der Waals surface area contributed by atoms with Gasteiger partial charge >= 0.3 is 0 Å². The lowest BCUT2D eigenvalue weighted by molar-refractivity contribution is -0.112. The Morgan fingerprint density at radius 1 is 1.27 bits per heavy atom. The lowest BCUT2D eigenvalue weighted by Crippen LogP contribution is -2.09. The summed E-state index contributed by atoms with van der Waals surface area (Å²) < 4.78 is 30.5. The van der Waals surface area contributed by atoms with Crippen molar-refractivity contribution < 1.29 is 17.8 Å². The number of rotatable bonds is 3. The maximum atomic E-state index is 11.0. The fraction of sp³-hybridized carbons (Fsp3) is 0.100. The van der Waals surface area contributed by atoms with Crippen LogP contribution in [0.1, 0.15) is 12.5 Å². The van der Waals surface area contributed by atoms with Crippen LogP contribution in [0.3, 0.4) is 0 Å². The Balaban J connectivity index is 3.24. The molecule has 0 heterocycles. The number of hydrogen-bond acceptors (Lipinski definition) is 3. The van der Waals surface area contributed by atoms with E-state index >= 15 is 0 Å². The number of allylic oxidation sites excluding steroid dienone is 1. The third-order valence-corrected chi connectivity index (χ3v) is 2.68. The number of ketones is 1. The Labute approximate surface area is 88.0 Å². The van der Waals surface area contributed by atoms with Crippen molar-refractivity contribution in [2.24, 2.45) is 0 Å². The van der Waals surface area contributed by atoms with Crippen molar-refractivity contribution in [2.45, 2.75) is 6.92 Å². The van der Waals surface area contributed by atoms with Crippen LogP contribution < -0.4 is 0 Å². The van der Waals surface area contributed by atoms with Crippen molar-refractivity contribution in [3.8, 4) is 0 Å². The monoisotopic (exact) mass is 226 g/mol. The highest BCUT2D eigenvalue weighted by molar-refractivity contribution is 7.91. The van der Waals surface area contributed by atoms with E-state index in [0.29, 0.717) is 5.56 Å². The highest BCUT2D eigenvalue weighted by Gasteiger charge is 2.18. The average Bonchev–Trinajstić information content (AvgIpc) is 2.13. The minimum absolute atomic E-state index is 0.542. The number of benzene rings is 1. The van der Waals surface area contributed by atoms with Crippen LogP contribution in [0.15, 0.2) is 35.2 Å². The first kappa shape index (κ1) is 11.6. The molecule has 1 aromatic rings. The summed E-state index contributed by atoms with van der Waals surface area (Å²) in [4.78, 5) is 10.4. The molecule has 4 nitrogen and oxygen atoms in total. The highest BCUT2D eigenvalue weighted by Crippen LogP contribution is 2.12. The zero-order chi connectivity index (χ0) is 11.5. The summed E-state index contributed by atoms with van der Waals surface area (Å²) in [5.41, 5.74) is 0.542. The third-order valence-electron chi connectivity index (χ3n) is 1.72. The molecule has 0 radical (unpaired) electrons. The van der Waals surface area contributed by atoms with Gasteiger partial charge in [0.05, 0.1) is 0 Å². The molecule has 0 spiro atoms. The Morgan fingerprint density at radius 3 is 2.20 bits per heavy atom. The molecule has 1 N–H and O–H groups in total. The maximum absolute atomic E-state index is 11.0. The summed E-state index contributed by atoms with van der Waals surface area (Å²) in [6.07, 6.45) is 1.14. The fourth-order valence-corrected chi connectivity index (χ4v) is 1.71. The number of Topliss-reactive ketones (excluding diaryl/α,β-unsaturated/α-hetero) is 1. The van der Waals surface area contributed by atoms with Gasteiger partial charge in [0, 0.05) is 0 Å². The molecule has 0 amide bonds. The molecular weight excluding hydrogens is 216 g/mol. The van der Waals surface area contributed by atoms with Crippen molar-refractivity contribution in [3.05, 3.63) is 40.8 Å². The fourth-order valence-electron chi connectivity index (χ4n) is 1.06. The van der Waals surface area contributed by atoms with E-state index < -0.39 is 20.8 Å². The van der Waals surface area contributed by atoms with Gasteiger partial charge in [-0.15, -0.1) is 0 Å². The Hall–Kier alpha value is -1.46. The second-order valence-electron chi connectivity index (χ2n) is 2.95. The van der Waals surface area contributed by atoms with Crippen LogP contribution in [0.5, 0.6) is 0 Å². The second-order valence-corrected chi connectivity index (χ2v) is 4.34. The number of carbonyl (C=O) groups is 1. The first-order valence-electron chi connectivity index (χ1n) is 4.16. The minimum Gasteiger partial charge on any atom is -0.294 e. The highest BCUT2D eigenvalue weighted by atomic mass is 32.2. The van der Waals surface area contributed by atoms with Crippen LogP contribution in [0.25, 0.3) is 6.08 Å². The molecule has 5 heteroatoms. The van der Waals surface area contributed by atoms with Crippen LogP contribution in [0, 0.1) is 0 Å². The number of hydrogen-bond donors (Lipinski definition) is 1. The van der Waals surface area contributed by atoms with Gasteiger partial charge in [0.15, 0.2) is 5.78 Å². The Kier molecular flexibility index (Phi) is 3.39. The van der Waals surface area contributed by atoms with Gasteiger partial charge in [-0.25, -0.2) is 0 Å². The van der Waals surface area contributed by atoms with Crippen LogP contribution in [-0.4, -0.2) is 18.8 Å². The smallest absolute Gasteiger partial charge is 0.294 e. The molecule has 15 heavy (non-hydrogen) atoms. The molecule has 1 aromatic carbocycles. The van der Waals surface area contributed by atoms with Crippen molar-refractivity contribution in [3.63, 3.8) is 0 Å². The van der Waals surface area contributed by atoms with Gasteiger partial charge in [-0.05, 0) is 18.6 Å². The molecule has 1 rings (SSSR count). The van der Waals surface area contributed by atoms with Crippen molar-refractivity contribution in [2.75, 3.05) is 0 Å². The minimum atomic E-state index is -4.45. The van der Waals surface area contributed by atoms with Gasteiger partial charge in [-0.1, -0.05) is 30.3 Å². The second kappa shape index (κ2) is 4.37. The summed E-state index contributed by atoms with van der Waals surface area (Å²) in [7, 11) is -4.45. The lowest BCUT2D eigenvalue weighted by Gasteiger charge is -1.99. The Morgan fingerprint density at radius 2 is 1.80 bits per heavy atom. The van der Waals surface area contributed by atoms with E-state index in [1.165, 1.54) is 0 Å². The van der Waals surface area contributed by atoms with Gasteiger partial charge in [-0.2, -0.15) is 8.42 Å². The molecule has 0 atom stereocenters. The van der Waals surface area contributed by atoms with Gasteiger partial charge in [-0.3, -0.25) is 9.35 Å². The molecule has 0 saturated heterocycles.